The molecule has 304 valence electrons. The van der Waals surface area contributed by atoms with Gasteiger partial charge in [-0.15, -0.1) is 0 Å². The lowest BCUT2D eigenvalue weighted by Gasteiger charge is -2.50. The van der Waals surface area contributed by atoms with Crippen molar-refractivity contribution in [3.63, 3.8) is 0 Å². The van der Waals surface area contributed by atoms with Gasteiger partial charge in [0.25, 0.3) is 0 Å². The van der Waals surface area contributed by atoms with Crippen LogP contribution in [-0.4, -0.2) is 15.0 Å². The first kappa shape index (κ1) is 38.7. The summed E-state index contributed by atoms with van der Waals surface area (Å²) in [7, 11) is 0. The highest BCUT2D eigenvalue weighted by Gasteiger charge is 2.45. The van der Waals surface area contributed by atoms with Crippen molar-refractivity contribution in [3.05, 3.63) is 187 Å². The maximum Gasteiger partial charge on any atom is 0.164 e. The van der Waals surface area contributed by atoms with Gasteiger partial charge in [-0.2, -0.15) is 5.26 Å². The predicted molar refractivity (Wildman–Crippen MR) is 259 cm³/mol. The summed E-state index contributed by atoms with van der Waals surface area (Å²) in [6.07, 6.45) is 6.73. The SMILES string of the molecule is C[C@@H]1CC2C[C@H](C)CC(c3ccc(-c4ccc(-c5nc(-c6ccc(C#N)cc6)nc(-c6ccc7c(-c8ccccc8)c8ccccc8c(-c8ccccc8)c7c6)n5)cc4)cc3)(C2)C1. The summed E-state index contributed by atoms with van der Waals surface area (Å²) >= 11 is 0. The molecule has 1 aromatic heterocycles. The molecule has 11 rings (SSSR count). The lowest BCUT2D eigenvalue weighted by Crippen LogP contribution is -2.42. The molecule has 4 nitrogen and oxygen atoms in total. The molecule has 9 aromatic rings. The van der Waals surface area contributed by atoms with E-state index in [4.69, 9.17) is 15.0 Å². The van der Waals surface area contributed by atoms with E-state index in [9.17, 15) is 5.26 Å². The van der Waals surface area contributed by atoms with E-state index in [2.05, 4.69) is 172 Å². The van der Waals surface area contributed by atoms with Gasteiger partial charge >= 0.3 is 0 Å². The first-order valence-electron chi connectivity index (χ1n) is 22.5. The zero-order chi connectivity index (χ0) is 42.5. The zero-order valence-electron chi connectivity index (χ0n) is 35.8. The summed E-state index contributed by atoms with van der Waals surface area (Å²) in [5.41, 5.74) is 12.2. The van der Waals surface area contributed by atoms with Gasteiger partial charge in [-0.05, 0) is 146 Å². The Morgan fingerprint density at radius 3 is 1.40 bits per heavy atom. The second kappa shape index (κ2) is 15.9. The van der Waals surface area contributed by atoms with Crippen LogP contribution < -0.4 is 0 Å². The summed E-state index contributed by atoms with van der Waals surface area (Å²) in [6, 6.07) is 64.6. The molecule has 4 heteroatoms. The van der Waals surface area contributed by atoms with E-state index in [-0.39, 0.29) is 0 Å². The molecule has 0 N–H and O–H groups in total. The van der Waals surface area contributed by atoms with Gasteiger partial charge in [0, 0.05) is 16.7 Å². The molecule has 2 saturated carbocycles. The van der Waals surface area contributed by atoms with Gasteiger partial charge < -0.3 is 0 Å². The summed E-state index contributed by atoms with van der Waals surface area (Å²) in [4.78, 5) is 15.4. The Kier molecular flexibility index (Phi) is 9.77. The summed E-state index contributed by atoms with van der Waals surface area (Å²) in [5.74, 6) is 4.18. The van der Waals surface area contributed by atoms with Crippen molar-refractivity contribution in [3.8, 4) is 73.6 Å². The number of nitrogens with zero attached hydrogens (tertiary/aromatic N) is 4. The molecular formula is C59H48N4. The lowest BCUT2D eigenvalue weighted by atomic mass is 9.54. The van der Waals surface area contributed by atoms with Gasteiger partial charge in [-0.3, -0.25) is 0 Å². The van der Waals surface area contributed by atoms with Crippen LogP contribution in [0.15, 0.2) is 176 Å². The third-order valence-corrected chi connectivity index (χ3v) is 13.9. The topological polar surface area (TPSA) is 62.5 Å². The molecule has 63 heavy (non-hydrogen) atoms. The van der Waals surface area contributed by atoms with Crippen LogP contribution in [-0.2, 0) is 5.41 Å². The third-order valence-electron chi connectivity index (χ3n) is 13.9. The average Bonchev–Trinajstić information content (AvgIpc) is 3.33. The highest BCUT2D eigenvalue weighted by atomic mass is 15.0. The monoisotopic (exact) mass is 812 g/mol. The van der Waals surface area contributed by atoms with E-state index in [0.29, 0.717) is 28.5 Å². The van der Waals surface area contributed by atoms with Crippen LogP contribution in [0, 0.1) is 29.1 Å². The maximum atomic E-state index is 9.57. The molecule has 2 aliphatic carbocycles. The minimum Gasteiger partial charge on any atom is -0.208 e. The number of nitriles is 1. The fourth-order valence-electron chi connectivity index (χ4n) is 11.5. The van der Waals surface area contributed by atoms with Crippen LogP contribution in [0.5, 0.6) is 0 Å². The van der Waals surface area contributed by atoms with Crippen molar-refractivity contribution in [1.82, 2.24) is 15.0 Å². The molecule has 2 fully saturated rings. The van der Waals surface area contributed by atoms with Gasteiger partial charge in [0.05, 0.1) is 11.6 Å². The van der Waals surface area contributed by atoms with Crippen molar-refractivity contribution in [2.45, 2.75) is 51.4 Å². The van der Waals surface area contributed by atoms with Crippen LogP contribution in [0.4, 0.5) is 0 Å². The molecule has 0 aliphatic heterocycles. The first-order chi connectivity index (χ1) is 30.9. The Labute approximate surface area is 370 Å². The van der Waals surface area contributed by atoms with E-state index in [0.717, 1.165) is 50.8 Å². The van der Waals surface area contributed by atoms with E-state index in [1.807, 2.05) is 24.3 Å². The Morgan fingerprint density at radius 1 is 0.429 bits per heavy atom. The van der Waals surface area contributed by atoms with Crippen molar-refractivity contribution >= 4 is 21.5 Å². The minimum atomic E-state index is 0.317. The molecule has 0 spiro atoms. The molecule has 2 bridgehead atoms. The summed E-state index contributed by atoms with van der Waals surface area (Å²) in [5, 5.41) is 14.3. The molecule has 4 atom stereocenters. The normalized spacial score (nSPS) is 19.5. The van der Waals surface area contributed by atoms with Crippen molar-refractivity contribution in [2.75, 3.05) is 0 Å². The average molecular weight is 813 g/mol. The summed E-state index contributed by atoms with van der Waals surface area (Å²) < 4.78 is 0. The second-order valence-corrected chi connectivity index (χ2v) is 18.4. The van der Waals surface area contributed by atoms with E-state index < -0.39 is 0 Å². The van der Waals surface area contributed by atoms with Gasteiger partial charge in [0.15, 0.2) is 17.5 Å². The Morgan fingerprint density at radius 2 is 0.857 bits per heavy atom. The van der Waals surface area contributed by atoms with E-state index >= 15 is 0 Å². The minimum absolute atomic E-state index is 0.317. The Balaban J connectivity index is 1.02. The van der Waals surface area contributed by atoms with Crippen molar-refractivity contribution in [2.24, 2.45) is 17.8 Å². The van der Waals surface area contributed by atoms with Gasteiger partial charge in [0.2, 0.25) is 0 Å². The highest BCUT2D eigenvalue weighted by molar-refractivity contribution is 6.21. The number of rotatable bonds is 7. The third kappa shape index (κ3) is 7.18. The molecule has 2 aliphatic rings. The number of hydrogen-bond acceptors (Lipinski definition) is 4. The van der Waals surface area contributed by atoms with Gasteiger partial charge in [-0.25, -0.2) is 15.0 Å². The van der Waals surface area contributed by atoms with E-state index in [1.54, 1.807) is 0 Å². The molecule has 8 aromatic carbocycles. The second-order valence-electron chi connectivity index (χ2n) is 18.4. The van der Waals surface area contributed by atoms with Crippen LogP contribution in [0.1, 0.15) is 57.1 Å². The standard InChI is InChI=1S/C59H48N4/c1-38-31-41-32-39(2)35-59(34-38,36-41)49-28-25-43(26-29-49)42-21-23-47(24-22-42)57-61-56(46-19-17-40(37-60)18-20-46)62-58(63-57)48-27-30-52-53(33-48)55(45-13-7-4-8-14-45)51-16-10-9-15-50(51)54(52)44-11-5-3-6-12-44/h3-30,33,38-39,41H,31-32,34-36H2,1-2H3/t38-,39+,41?,59?. The Bertz CT molecular complexity index is 3150. The number of hydrogen-bond donors (Lipinski definition) is 0. The number of benzene rings is 8. The number of aromatic nitrogens is 3. The fraction of sp³-hybridized carbons (Fsp3) is 0.186. The molecule has 0 saturated heterocycles. The highest BCUT2D eigenvalue weighted by Crippen LogP contribution is 2.54. The molecule has 1 heterocycles. The molecule has 0 radical (unpaired) electrons. The maximum absolute atomic E-state index is 9.57. The van der Waals surface area contributed by atoms with Crippen LogP contribution in [0.2, 0.25) is 0 Å². The Hall–Kier alpha value is -7.22. The lowest BCUT2D eigenvalue weighted by molar-refractivity contribution is 0.0780. The van der Waals surface area contributed by atoms with Crippen LogP contribution >= 0.6 is 0 Å². The molecule has 0 amide bonds. The quantitative estimate of drug-likeness (QED) is 0.150. The predicted octanol–water partition coefficient (Wildman–Crippen LogP) is 15.2. The van der Waals surface area contributed by atoms with Crippen LogP contribution in [0.3, 0.4) is 0 Å². The van der Waals surface area contributed by atoms with Crippen LogP contribution in [0.25, 0.3) is 89.1 Å². The first-order valence-corrected chi connectivity index (χ1v) is 22.5. The zero-order valence-corrected chi connectivity index (χ0v) is 35.8. The fourth-order valence-corrected chi connectivity index (χ4v) is 11.5. The largest absolute Gasteiger partial charge is 0.208 e. The summed E-state index contributed by atoms with van der Waals surface area (Å²) in [6.45, 7) is 4.92. The van der Waals surface area contributed by atoms with Gasteiger partial charge in [0.1, 0.15) is 0 Å². The number of fused-ring (bicyclic) bond motifs is 4. The smallest absolute Gasteiger partial charge is 0.164 e. The van der Waals surface area contributed by atoms with Crippen molar-refractivity contribution < 1.29 is 0 Å². The van der Waals surface area contributed by atoms with Crippen molar-refractivity contribution in [1.29, 1.82) is 5.26 Å². The van der Waals surface area contributed by atoms with Gasteiger partial charge in [-0.1, -0.05) is 159 Å². The van der Waals surface area contributed by atoms with E-state index in [1.165, 1.54) is 76.3 Å². The molecule has 2 unspecified atom stereocenters. The molecular weight excluding hydrogens is 765 g/mol.